The van der Waals surface area contributed by atoms with E-state index in [4.69, 9.17) is 5.10 Å². The molecule has 1 fully saturated rings. The second kappa shape index (κ2) is 11.2. The molecule has 1 aromatic heterocycles. The van der Waals surface area contributed by atoms with Crippen molar-refractivity contribution in [2.24, 2.45) is 0 Å². The third-order valence-corrected chi connectivity index (χ3v) is 7.15. The van der Waals surface area contributed by atoms with Gasteiger partial charge in [-0.15, -0.1) is 0 Å². The highest BCUT2D eigenvalue weighted by Crippen LogP contribution is 2.31. The van der Waals surface area contributed by atoms with Gasteiger partial charge in [-0.1, -0.05) is 63.2 Å². The maximum absolute atomic E-state index is 5.19. The molecule has 0 spiro atoms. The summed E-state index contributed by atoms with van der Waals surface area (Å²) < 4.78 is 2.22. The Morgan fingerprint density at radius 1 is 0.971 bits per heavy atom. The number of aryl methyl sites for hydroxylation is 2. The molecule has 1 saturated heterocycles. The summed E-state index contributed by atoms with van der Waals surface area (Å²) in [5.41, 5.74) is 6.46. The molecule has 0 bridgehead atoms. The number of anilines is 1. The van der Waals surface area contributed by atoms with Crippen molar-refractivity contribution in [2.75, 3.05) is 51.2 Å². The number of hydrogen-bond acceptors (Lipinski definition) is 4. The molecule has 0 amide bonds. The third-order valence-electron chi connectivity index (χ3n) is 7.15. The van der Waals surface area contributed by atoms with E-state index in [0.29, 0.717) is 5.92 Å². The van der Waals surface area contributed by atoms with Gasteiger partial charge in [0.05, 0.1) is 11.4 Å². The maximum atomic E-state index is 5.19. The SMILES string of the molecule is CCc1nn(-c2cccc(C)c2)c(N2CCN(C)CC2)c1CN(CC)C[C@@H](C)c1ccccc1. The Morgan fingerprint density at radius 3 is 2.35 bits per heavy atom. The number of rotatable bonds is 9. The van der Waals surface area contributed by atoms with E-state index in [1.54, 1.807) is 0 Å². The molecule has 1 aliphatic heterocycles. The van der Waals surface area contributed by atoms with E-state index in [1.165, 1.54) is 28.2 Å². The van der Waals surface area contributed by atoms with Gasteiger partial charge in [0.2, 0.25) is 0 Å². The molecule has 5 nitrogen and oxygen atoms in total. The highest BCUT2D eigenvalue weighted by Gasteiger charge is 2.27. The third kappa shape index (κ3) is 5.53. The highest BCUT2D eigenvalue weighted by atomic mass is 15.4. The number of benzene rings is 2. The Kier molecular flexibility index (Phi) is 8.07. The van der Waals surface area contributed by atoms with Gasteiger partial charge >= 0.3 is 0 Å². The summed E-state index contributed by atoms with van der Waals surface area (Å²) in [4.78, 5) is 7.58. The Bertz CT molecular complexity index is 1050. The van der Waals surface area contributed by atoms with Crippen LogP contribution in [0, 0.1) is 6.92 Å². The molecule has 1 aliphatic rings. The smallest absolute Gasteiger partial charge is 0.137 e. The summed E-state index contributed by atoms with van der Waals surface area (Å²) in [5.74, 6) is 1.78. The fourth-order valence-electron chi connectivity index (χ4n) is 5.02. The van der Waals surface area contributed by atoms with Crippen LogP contribution in [0.3, 0.4) is 0 Å². The van der Waals surface area contributed by atoms with Crippen molar-refractivity contribution in [3.8, 4) is 5.69 Å². The summed E-state index contributed by atoms with van der Waals surface area (Å²) in [5, 5.41) is 5.19. The van der Waals surface area contributed by atoms with Crippen LogP contribution in [0.4, 0.5) is 5.82 Å². The van der Waals surface area contributed by atoms with E-state index in [-0.39, 0.29) is 0 Å². The first-order chi connectivity index (χ1) is 16.5. The first-order valence-corrected chi connectivity index (χ1v) is 12.9. The zero-order valence-corrected chi connectivity index (χ0v) is 21.7. The Labute approximate surface area is 206 Å². The molecule has 0 N–H and O–H groups in total. The van der Waals surface area contributed by atoms with Crippen LogP contribution in [0.1, 0.15) is 49.1 Å². The molecule has 0 aliphatic carbocycles. The Morgan fingerprint density at radius 2 is 1.71 bits per heavy atom. The molecule has 182 valence electrons. The van der Waals surface area contributed by atoms with Crippen molar-refractivity contribution >= 4 is 5.82 Å². The monoisotopic (exact) mass is 459 g/mol. The van der Waals surface area contributed by atoms with Gasteiger partial charge in [-0.25, -0.2) is 4.68 Å². The number of nitrogens with zero attached hydrogens (tertiary/aromatic N) is 5. The van der Waals surface area contributed by atoms with Crippen LogP contribution in [-0.2, 0) is 13.0 Å². The lowest BCUT2D eigenvalue weighted by atomic mass is 10.0. The van der Waals surface area contributed by atoms with Crippen molar-refractivity contribution in [3.63, 3.8) is 0 Å². The van der Waals surface area contributed by atoms with Crippen molar-refractivity contribution < 1.29 is 0 Å². The largest absolute Gasteiger partial charge is 0.354 e. The summed E-state index contributed by atoms with van der Waals surface area (Å²) in [7, 11) is 2.22. The van der Waals surface area contributed by atoms with E-state index in [0.717, 1.165) is 57.9 Å². The van der Waals surface area contributed by atoms with Crippen LogP contribution in [0.15, 0.2) is 54.6 Å². The number of likely N-dealkylation sites (N-methyl/N-ethyl adjacent to an activating group) is 2. The molecule has 0 unspecified atom stereocenters. The van der Waals surface area contributed by atoms with Gasteiger partial charge in [0, 0.05) is 44.8 Å². The lowest BCUT2D eigenvalue weighted by Crippen LogP contribution is -2.45. The molecule has 34 heavy (non-hydrogen) atoms. The summed E-state index contributed by atoms with van der Waals surface area (Å²) in [6.45, 7) is 16.3. The fraction of sp³-hybridized carbons (Fsp3) is 0.483. The molecular weight excluding hydrogens is 418 g/mol. The molecular formula is C29H41N5. The van der Waals surface area contributed by atoms with Gasteiger partial charge < -0.3 is 9.80 Å². The molecule has 2 aromatic carbocycles. The molecule has 0 radical (unpaired) electrons. The minimum atomic E-state index is 0.491. The number of piperazine rings is 1. The standard InChI is InChI=1S/C29H41N5/c1-6-28-27(22-32(7-2)21-24(4)25-13-9-8-10-14-25)29(33-18-16-31(5)17-19-33)34(30-28)26-15-11-12-23(3)20-26/h8-15,20,24H,6-7,16-19,21-22H2,1-5H3/t24-/m1/s1. The predicted octanol–water partition coefficient (Wildman–Crippen LogP) is 5.12. The van der Waals surface area contributed by atoms with Crippen LogP contribution in [-0.4, -0.2) is 65.9 Å². The van der Waals surface area contributed by atoms with E-state index in [2.05, 4.69) is 109 Å². The van der Waals surface area contributed by atoms with Crippen LogP contribution < -0.4 is 4.90 Å². The highest BCUT2D eigenvalue weighted by molar-refractivity contribution is 5.56. The first-order valence-electron chi connectivity index (χ1n) is 12.9. The molecule has 2 heterocycles. The molecule has 1 atom stereocenters. The van der Waals surface area contributed by atoms with Crippen LogP contribution >= 0.6 is 0 Å². The lowest BCUT2D eigenvalue weighted by Gasteiger charge is -2.35. The van der Waals surface area contributed by atoms with Gasteiger partial charge in [0.15, 0.2) is 0 Å². The zero-order chi connectivity index (χ0) is 24.1. The molecule has 5 heteroatoms. The molecule has 3 aromatic rings. The average molecular weight is 460 g/mol. The van der Waals surface area contributed by atoms with E-state index in [9.17, 15) is 0 Å². The minimum absolute atomic E-state index is 0.491. The summed E-state index contributed by atoms with van der Waals surface area (Å²) in [6, 6.07) is 19.7. The quantitative estimate of drug-likeness (QED) is 0.444. The minimum Gasteiger partial charge on any atom is -0.354 e. The second-order valence-corrected chi connectivity index (χ2v) is 9.78. The second-order valence-electron chi connectivity index (χ2n) is 9.78. The van der Waals surface area contributed by atoms with E-state index < -0.39 is 0 Å². The number of hydrogen-bond donors (Lipinski definition) is 0. The molecule has 4 rings (SSSR count). The van der Waals surface area contributed by atoms with Crippen LogP contribution in [0.5, 0.6) is 0 Å². The van der Waals surface area contributed by atoms with E-state index >= 15 is 0 Å². The average Bonchev–Trinajstić information content (AvgIpc) is 3.22. The summed E-state index contributed by atoms with van der Waals surface area (Å²) >= 11 is 0. The van der Waals surface area contributed by atoms with Gasteiger partial charge in [0.25, 0.3) is 0 Å². The Balaban J connectivity index is 1.69. The maximum Gasteiger partial charge on any atom is 0.137 e. The topological polar surface area (TPSA) is 27.5 Å². The molecule has 0 saturated carbocycles. The van der Waals surface area contributed by atoms with E-state index in [1.807, 2.05) is 0 Å². The zero-order valence-electron chi connectivity index (χ0n) is 21.7. The van der Waals surface area contributed by atoms with Gasteiger partial charge in [0.1, 0.15) is 5.82 Å². The van der Waals surface area contributed by atoms with Crippen molar-refractivity contribution in [1.29, 1.82) is 0 Å². The summed E-state index contributed by atoms with van der Waals surface area (Å²) in [6.07, 6.45) is 0.945. The van der Waals surface area contributed by atoms with Crippen molar-refractivity contribution in [3.05, 3.63) is 77.0 Å². The van der Waals surface area contributed by atoms with Crippen LogP contribution in [0.25, 0.3) is 5.69 Å². The Hall–Kier alpha value is -2.63. The van der Waals surface area contributed by atoms with Crippen LogP contribution in [0.2, 0.25) is 0 Å². The van der Waals surface area contributed by atoms with Crippen molar-refractivity contribution in [2.45, 2.75) is 46.6 Å². The van der Waals surface area contributed by atoms with Gasteiger partial charge in [-0.2, -0.15) is 5.10 Å². The predicted molar refractivity (Wildman–Crippen MR) is 143 cm³/mol. The lowest BCUT2D eigenvalue weighted by molar-refractivity contribution is 0.264. The van der Waals surface area contributed by atoms with Crippen molar-refractivity contribution in [1.82, 2.24) is 19.6 Å². The number of aromatic nitrogens is 2. The van der Waals surface area contributed by atoms with Gasteiger partial charge in [-0.3, -0.25) is 4.90 Å². The van der Waals surface area contributed by atoms with Gasteiger partial charge in [-0.05, 0) is 56.1 Å². The fourth-order valence-corrected chi connectivity index (χ4v) is 5.02. The first kappa shape index (κ1) is 24.5. The normalized spacial score (nSPS) is 15.8.